The predicted octanol–water partition coefficient (Wildman–Crippen LogP) is 1.66. The molecule has 1 amide bonds. The fraction of sp³-hybridized carbons (Fsp3) is 0.0667. The first-order chi connectivity index (χ1) is 10.5. The lowest BCUT2D eigenvalue weighted by Gasteiger charge is -2.07. The number of amides is 1. The Bertz CT molecular complexity index is 799. The van der Waals surface area contributed by atoms with Crippen molar-refractivity contribution in [2.45, 2.75) is 0 Å². The van der Waals surface area contributed by atoms with Gasteiger partial charge in [0.25, 0.3) is 5.91 Å². The molecular weight excluding hydrogens is 284 g/mol. The first-order valence-electron chi connectivity index (χ1n) is 6.25. The Morgan fingerprint density at radius 2 is 2.14 bits per heavy atom. The van der Waals surface area contributed by atoms with Gasteiger partial charge in [-0.3, -0.25) is 9.48 Å². The molecule has 1 aromatic heterocycles. The molecule has 0 aliphatic carbocycles. The van der Waals surface area contributed by atoms with Crippen molar-refractivity contribution in [1.29, 1.82) is 5.26 Å². The van der Waals surface area contributed by atoms with E-state index < -0.39 is 11.9 Å². The lowest BCUT2D eigenvalue weighted by molar-refractivity contribution is -0.112. The van der Waals surface area contributed by atoms with Gasteiger partial charge in [0.1, 0.15) is 11.6 Å². The molecule has 0 spiro atoms. The summed E-state index contributed by atoms with van der Waals surface area (Å²) in [7, 11) is 1.71. The van der Waals surface area contributed by atoms with Crippen LogP contribution in [0.1, 0.15) is 15.9 Å². The molecule has 0 radical (unpaired) electrons. The van der Waals surface area contributed by atoms with Crippen LogP contribution >= 0.6 is 0 Å². The smallest absolute Gasteiger partial charge is 0.337 e. The minimum atomic E-state index is -1.16. The molecule has 2 aromatic rings. The second-order valence-corrected chi connectivity index (χ2v) is 4.42. The number of benzene rings is 1. The van der Waals surface area contributed by atoms with Gasteiger partial charge in [-0.1, -0.05) is 12.1 Å². The Morgan fingerprint density at radius 3 is 2.73 bits per heavy atom. The minimum Gasteiger partial charge on any atom is -0.478 e. The number of nitrogens with zero attached hydrogens (tertiary/aromatic N) is 3. The summed E-state index contributed by atoms with van der Waals surface area (Å²) in [5.74, 6) is -1.84. The number of carboxylic acid groups (broad SMARTS) is 1. The lowest BCUT2D eigenvalue weighted by atomic mass is 10.1. The number of hydrogen-bond acceptors (Lipinski definition) is 4. The van der Waals surface area contributed by atoms with Crippen molar-refractivity contribution in [3.63, 3.8) is 0 Å². The molecule has 0 unspecified atom stereocenters. The highest BCUT2D eigenvalue weighted by molar-refractivity contribution is 6.11. The third kappa shape index (κ3) is 3.37. The maximum Gasteiger partial charge on any atom is 0.337 e. The van der Waals surface area contributed by atoms with Crippen LogP contribution in [-0.4, -0.2) is 26.8 Å². The van der Waals surface area contributed by atoms with Crippen LogP contribution in [-0.2, 0) is 11.8 Å². The van der Waals surface area contributed by atoms with Crippen LogP contribution in [0.5, 0.6) is 0 Å². The number of aromatic nitrogens is 2. The molecule has 7 heteroatoms. The number of anilines is 1. The van der Waals surface area contributed by atoms with Crippen LogP contribution in [0.2, 0.25) is 0 Å². The second-order valence-electron chi connectivity index (χ2n) is 4.42. The van der Waals surface area contributed by atoms with Crippen molar-refractivity contribution in [2.24, 2.45) is 7.05 Å². The summed E-state index contributed by atoms with van der Waals surface area (Å²) in [4.78, 5) is 23.2. The van der Waals surface area contributed by atoms with Gasteiger partial charge in [0.05, 0.1) is 17.4 Å². The summed E-state index contributed by atoms with van der Waals surface area (Å²) < 4.78 is 1.54. The van der Waals surface area contributed by atoms with Gasteiger partial charge in [-0.05, 0) is 18.2 Å². The highest BCUT2D eigenvalue weighted by Crippen LogP contribution is 2.16. The summed E-state index contributed by atoms with van der Waals surface area (Å²) in [6.45, 7) is 0. The average molecular weight is 296 g/mol. The van der Waals surface area contributed by atoms with Crippen LogP contribution in [0.3, 0.4) is 0 Å². The molecule has 0 fully saturated rings. The van der Waals surface area contributed by atoms with Gasteiger partial charge in [0.15, 0.2) is 0 Å². The van der Waals surface area contributed by atoms with Crippen molar-refractivity contribution in [3.05, 3.63) is 53.4 Å². The van der Waals surface area contributed by atoms with Crippen LogP contribution in [0.25, 0.3) is 6.08 Å². The van der Waals surface area contributed by atoms with Gasteiger partial charge in [-0.25, -0.2) is 4.79 Å². The van der Waals surface area contributed by atoms with E-state index in [1.54, 1.807) is 36.1 Å². The van der Waals surface area contributed by atoms with E-state index in [2.05, 4.69) is 10.4 Å². The van der Waals surface area contributed by atoms with Crippen molar-refractivity contribution >= 4 is 23.6 Å². The van der Waals surface area contributed by atoms with Crippen molar-refractivity contribution in [2.75, 3.05) is 5.32 Å². The van der Waals surface area contributed by atoms with E-state index in [4.69, 9.17) is 10.4 Å². The molecule has 1 heterocycles. The van der Waals surface area contributed by atoms with E-state index in [9.17, 15) is 9.59 Å². The first-order valence-corrected chi connectivity index (χ1v) is 6.25. The van der Waals surface area contributed by atoms with Gasteiger partial charge in [-0.15, -0.1) is 0 Å². The highest BCUT2D eigenvalue weighted by atomic mass is 16.4. The Morgan fingerprint density at radius 1 is 1.41 bits per heavy atom. The fourth-order valence-corrected chi connectivity index (χ4v) is 1.80. The highest BCUT2D eigenvalue weighted by Gasteiger charge is 2.14. The molecule has 7 nitrogen and oxygen atoms in total. The van der Waals surface area contributed by atoms with Crippen molar-refractivity contribution in [3.8, 4) is 6.07 Å². The third-order valence-electron chi connectivity index (χ3n) is 2.81. The third-order valence-corrected chi connectivity index (χ3v) is 2.81. The maximum absolute atomic E-state index is 12.1. The van der Waals surface area contributed by atoms with E-state index in [0.717, 1.165) is 0 Å². The fourth-order valence-electron chi connectivity index (χ4n) is 1.80. The van der Waals surface area contributed by atoms with Gasteiger partial charge < -0.3 is 10.4 Å². The standard InChI is InChI=1S/C15H12N4O3/c1-19-9-10(8-17-19)6-11(7-16)14(20)18-13-5-3-2-4-12(13)15(21)22/h2-6,8-9H,1H3,(H,18,20)(H,21,22)/b11-6+. The predicted molar refractivity (Wildman–Crippen MR) is 78.8 cm³/mol. The Balaban J connectivity index is 2.26. The molecule has 2 N–H and O–H groups in total. The molecule has 22 heavy (non-hydrogen) atoms. The summed E-state index contributed by atoms with van der Waals surface area (Å²) >= 11 is 0. The van der Waals surface area contributed by atoms with Crippen molar-refractivity contribution < 1.29 is 14.7 Å². The van der Waals surface area contributed by atoms with E-state index in [0.29, 0.717) is 5.56 Å². The lowest BCUT2D eigenvalue weighted by Crippen LogP contribution is -2.16. The van der Waals surface area contributed by atoms with Gasteiger partial charge >= 0.3 is 5.97 Å². The molecule has 0 saturated carbocycles. The summed E-state index contributed by atoms with van der Waals surface area (Å²) in [6.07, 6.45) is 4.54. The zero-order valence-corrected chi connectivity index (χ0v) is 11.6. The monoisotopic (exact) mass is 296 g/mol. The Hall–Kier alpha value is -3.40. The number of hydrogen-bond donors (Lipinski definition) is 2. The number of aromatic carboxylic acids is 1. The topological polar surface area (TPSA) is 108 Å². The second kappa shape index (κ2) is 6.37. The quantitative estimate of drug-likeness (QED) is 0.659. The molecule has 1 aromatic carbocycles. The van der Waals surface area contributed by atoms with Crippen LogP contribution in [0, 0.1) is 11.3 Å². The van der Waals surface area contributed by atoms with E-state index in [-0.39, 0.29) is 16.8 Å². The Kier molecular flexibility index (Phi) is 4.34. The minimum absolute atomic E-state index is 0.0467. The van der Waals surface area contributed by atoms with Gasteiger partial charge in [0.2, 0.25) is 0 Å². The summed E-state index contributed by atoms with van der Waals surface area (Å²) in [5, 5.41) is 24.5. The Labute approximate surface area is 126 Å². The normalized spacial score (nSPS) is 10.8. The van der Waals surface area contributed by atoms with Crippen LogP contribution in [0.4, 0.5) is 5.69 Å². The van der Waals surface area contributed by atoms with Crippen LogP contribution < -0.4 is 5.32 Å². The van der Waals surface area contributed by atoms with Gasteiger partial charge in [0, 0.05) is 18.8 Å². The molecule has 0 atom stereocenters. The number of rotatable bonds is 4. The number of carbonyl (C=O) groups excluding carboxylic acids is 1. The van der Waals surface area contributed by atoms with Crippen molar-refractivity contribution in [1.82, 2.24) is 9.78 Å². The molecule has 2 rings (SSSR count). The van der Waals surface area contributed by atoms with E-state index in [1.165, 1.54) is 24.4 Å². The maximum atomic E-state index is 12.1. The molecule has 0 saturated heterocycles. The molecular formula is C15H12N4O3. The molecule has 0 aliphatic heterocycles. The number of carbonyl (C=O) groups is 2. The summed E-state index contributed by atoms with van der Waals surface area (Å²) in [6, 6.07) is 7.77. The summed E-state index contributed by atoms with van der Waals surface area (Å²) in [5.41, 5.74) is 0.538. The number of aryl methyl sites for hydroxylation is 1. The number of carboxylic acids is 1. The van der Waals surface area contributed by atoms with E-state index >= 15 is 0 Å². The number of nitriles is 1. The molecule has 0 bridgehead atoms. The number of para-hydroxylation sites is 1. The van der Waals surface area contributed by atoms with E-state index in [1.807, 2.05) is 0 Å². The molecule has 110 valence electrons. The largest absolute Gasteiger partial charge is 0.478 e. The van der Waals surface area contributed by atoms with Gasteiger partial charge in [-0.2, -0.15) is 10.4 Å². The van der Waals surface area contributed by atoms with Crippen LogP contribution in [0.15, 0.2) is 42.2 Å². The average Bonchev–Trinajstić information content (AvgIpc) is 2.90. The zero-order chi connectivity index (χ0) is 16.1. The first kappa shape index (κ1) is 15.0. The SMILES string of the molecule is Cn1cc(/C=C(\C#N)C(=O)Nc2ccccc2C(=O)O)cn1. The molecule has 0 aliphatic rings. The number of nitrogens with one attached hydrogen (secondary N) is 1. The zero-order valence-electron chi connectivity index (χ0n) is 11.6.